The molecule has 0 saturated carbocycles. The first-order valence-electron chi connectivity index (χ1n) is 15.2. The molecule has 0 aliphatic carbocycles. The van der Waals surface area contributed by atoms with Crippen LogP contribution in [0.1, 0.15) is 82.6 Å². The number of aliphatic hydroxyl groups excluding tert-OH is 1. The van der Waals surface area contributed by atoms with E-state index < -0.39 is 33.9 Å². The second kappa shape index (κ2) is 15.2. The largest absolute Gasteiger partial charge is 0.390 e. The maximum atomic E-state index is 16.0. The highest BCUT2D eigenvalue weighted by atomic mass is 32.2. The Morgan fingerprint density at radius 2 is 1.86 bits per heavy atom. The summed E-state index contributed by atoms with van der Waals surface area (Å²) in [6.07, 6.45) is 3.64. The number of nitrogens with one attached hydrogen (secondary N) is 3. The van der Waals surface area contributed by atoms with Crippen LogP contribution in [-0.2, 0) is 16.4 Å². The number of hydrogen-bond donors (Lipinski definition) is 4. The van der Waals surface area contributed by atoms with Gasteiger partial charge in [-0.05, 0) is 70.1 Å². The number of carbonyl (C=O) groups is 1. The standard InChI is InChI=1S/C32H49FN4O4S/c1-6-34-25-20-26(30(33)28(21-25)37-17-10-11-18-42(37,40)41)31(39)36-27(19-24-14-8-7-9-15-24)29(38)22-35-32(4,5)16-12-13-23(2)3/h7-9,14-15,20-21,23,27,29,34-35,38H,6,10-13,16-19,22H2,1-5H3,(H,36,39)/t27-,29+/m0/s1. The molecule has 0 radical (unpaired) electrons. The number of rotatable bonds is 15. The first-order chi connectivity index (χ1) is 19.8. The molecule has 0 bridgehead atoms. The molecule has 1 aliphatic heterocycles. The molecule has 1 fully saturated rings. The summed E-state index contributed by atoms with van der Waals surface area (Å²) in [5.41, 5.74) is 0.752. The van der Waals surface area contributed by atoms with Crippen LogP contribution in [-0.4, -0.2) is 62.5 Å². The van der Waals surface area contributed by atoms with E-state index in [2.05, 4.69) is 43.6 Å². The van der Waals surface area contributed by atoms with Crippen molar-refractivity contribution < 1.29 is 22.7 Å². The average molecular weight is 605 g/mol. The molecule has 0 aromatic heterocycles. The summed E-state index contributed by atoms with van der Waals surface area (Å²) in [7, 11) is -3.70. The van der Waals surface area contributed by atoms with Gasteiger partial charge in [0, 0.05) is 30.9 Å². The van der Waals surface area contributed by atoms with Crippen molar-refractivity contribution >= 4 is 27.3 Å². The molecule has 2 atom stereocenters. The third-order valence-electron chi connectivity index (χ3n) is 7.75. The van der Waals surface area contributed by atoms with Gasteiger partial charge in [-0.2, -0.15) is 0 Å². The van der Waals surface area contributed by atoms with Gasteiger partial charge in [0.2, 0.25) is 10.0 Å². The van der Waals surface area contributed by atoms with E-state index in [-0.39, 0.29) is 35.6 Å². The molecule has 234 valence electrons. The first kappa shape index (κ1) is 33.8. The van der Waals surface area contributed by atoms with Crippen LogP contribution >= 0.6 is 0 Å². The summed E-state index contributed by atoms with van der Waals surface area (Å²) in [6, 6.07) is 11.6. The van der Waals surface area contributed by atoms with E-state index in [1.807, 2.05) is 37.3 Å². The molecule has 1 aliphatic rings. The molecule has 2 aromatic rings. The van der Waals surface area contributed by atoms with Gasteiger partial charge >= 0.3 is 0 Å². The van der Waals surface area contributed by atoms with Crippen LogP contribution in [0.4, 0.5) is 15.8 Å². The van der Waals surface area contributed by atoms with Crippen LogP contribution in [0.5, 0.6) is 0 Å². The van der Waals surface area contributed by atoms with E-state index >= 15 is 4.39 Å². The van der Waals surface area contributed by atoms with Crippen LogP contribution in [0.2, 0.25) is 0 Å². The zero-order valence-corrected chi connectivity index (χ0v) is 26.6. The minimum Gasteiger partial charge on any atom is -0.390 e. The van der Waals surface area contributed by atoms with Gasteiger partial charge in [0.15, 0.2) is 5.82 Å². The quantitative estimate of drug-likeness (QED) is 0.226. The van der Waals surface area contributed by atoms with Gasteiger partial charge in [0.05, 0.1) is 29.1 Å². The van der Waals surface area contributed by atoms with Crippen molar-refractivity contribution in [1.29, 1.82) is 0 Å². The zero-order valence-electron chi connectivity index (χ0n) is 25.7. The molecule has 3 rings (SSSR count). The van der Waals surface area contributed by atoms with Crippen molar-refractivity contribution in [3.63, 3.8) is 0 Å². The molecule has 1 saturated heterocycles. The van der Waals surface area contributed by atoms with E-state index in [0.717, 1.165) is 29.1 Å². The Balaban J connectivity index is 1.86. The van der Waals surface area contributed by atoms with E-state index in [9.17, 15) is 18.3 Å². The molecule has 8 nitrogen and oxygen atoms in total. The van der Waals surface area contributed by atoms with E-state index in [0.29, 0.717) is 37.4 Å². The second-order valence-electron chi connectivity index (χ2n) is 12.4. The van der Waals surface area contributed by atoms with E-state index in [4.69, 9.17) is 0 Å². The maximum Gasteiger partial charge on any atom is 0.254 e. The molecule has 0 spiro atoms. The van der Waals surface area contributed by atoms with Crippen molar-refractivity contribution in [3.8, 4) is 0 Å². The van der Waals surface area contributed by atoms with Crippen molar-refractivity contribution in [1.82, 2.24) is 10.6 Å². The Kier molecular flexibility index (Phi) is 12.2. The Bertz CT molecular complexity index is 1270. The summed E-state index contributed by atoms with van der Waals surface area (Å²) in [5, 5.41) is 20.7. The predicted octanol–water partition coefficient (Wildman–Crippen LogP) is 5.08. The normalized spacial score (nSPS) is 16.7. The molecular weight excluding hydrogens is 555 g/mol. The number of β-amino-alcohol motifs (C(OH)–C–C–N with tert-alkyl or cyclic N) is 1. The van der Waals surface area contributed by atoms with Gasteiger partial charge in [0.25, 0.3) is 5.91 Å². The molecule has 42 heavy (non-hydrogen) atoms. The zero-order chi connectivity index (χ0) is 30.9. The lowest BCUT2D eigenvalue weighted by Gasteiger charge is -2.31. The number of amides is 1. The number of aliphatic hydroxyl groups is 1. The summed E-state index contributed by atoms with van der Waals surface area (Å²) in [4.78, 5) is 13.7. The lowest BCUT2D eigenvalue weighted by Crippen LogP contribution is -2.52. The third-order valence-corrected chi connectivity index (χ3v) is 9.60. The Morgan fingerprint density at radius 1 is 1.14 bits per heavy atom. The van der Waals surface area contributed by atoms with Crippen LogP contribution in [0.25, 0.3) is 0 Å². The fourth-order valence-electron chi connectivity index (χ4n) is 5.28. The number of benzene rings is 2. The molecule has 0 unspecified atom stereocenters. The van der Waals surface area contributed by atoms with Gasteiger partial charge < -0.3 is 21.1 Å². The van der Waals surface area contributed by atoms with Crippen LogP contribution < -0.4 is 20.3 Å². The topological polar surface area (TPSA) is 111 Å². The molecule has 4 N–H and O–H groups in total. The fraction of sp³-hybridized carbons (Fsp3) is 0.594. The fourth-order valence-corrected chi connectivity index (χ4v) is 6.91. The van der Waals surface area contributed by atoms with Crippen molar-refractivity contribution in [2.75, 3.05) is 35.0 Å². The minimum absolute atomic E-state index is 0.0639. The number of nitrogens with zero attached hydrogens (tertiary/aromatic N) is 1. The van der Waals surface area contributed by atoms with Crippen molar-refractivity contribution in [2.24, 2.45) is 5.92 Å². The smallest absolute Gasteiger partial charge is 0.254 e. The van der Waals surface area contributed by atoms with E-state index in [1.54, 1.807) is 0 Å². The van der Waals surface area contributed by atoms with Crippen LogP contribution in [0.3, 0.4) is 0 Å². The monoisotopic (exact) mass is 604 g/mol. The third kappa shape index (κ3) is 9.67. The van der Waals surface area contributed by atoms with Crippen molar-refractivity contribution in [3.05, 3.63) is 59.4 Å². The number of carbonyl (C=O) groups excluding carboxylic acids is 1. The molecule has 10 heteroatoms. The Morgan fingerprint density at radius 3 is 2.50 bits per heavy atom. The van der Waals surface area contributed by atoms with Gasteiger partial charge in [-0.25, -0.2) is 12.8 Å². The minimum atomic E-state index is -3.70. The highest BCUT2D eigenvalue weighted by molar-refractivity contribution is 7.92. The first-order valence-corrected chi connectivity index (χ1v) is 16.8. The summed E-state index contributed by atoms with van der Waals surface area (Å²) in [6.45, 7) is 11.4. The highest BCUT2D eigenvalue weighted by Crippen LogP contribution is 2.32. The molecule has 1 amide bonds. The summed E-state index contributed by atoms with van der Waals surface area (Å²) < 4.78 is 42.6. The van der Waals surface area contributed by atoms with Crippen molar-refractivity contribution in [2.45, 2.75) is 90.8 Å². The van der Waals surface area contributed by atoms with Gasteiger partial charge in [-0.15, -0.1) is 0 Å². The SMILES string of the molecule is CCNc1cc(C(=O)N[C@@H](Cc2ccccc2)[C@H](O)CNC(C)(C)CCCC(C)C)c(F)c(N2CCCCS2(=O)=O)c1. The Hall–Kier alpha value is -2.69. The molecule has 2 aromatic carbocycles. The van der Waals surface area contributed by atoms with Gasteiger partial charge in [-0.1, -0.05) is 57.0 Å². The van der Waals surface area contributed by atoms with E-state index in [1.165, 1.54) is 12.1 Å². The van der Waals surface area contributed by atoms with Gasteiger partial charge in [0.1, 0.15) is 0 Å². The number of sulfonamides is 1. The lowest BCUT2D eigenvalue weighted by atomic mass is 9.93. The van der Waals surface area contributed by atoms with Gasteiger partial charge in [-0.3, -0.25) is 9.10 Å². The van der Waals surface area contributed by atoms with Crippen LogP contribution in [0.15, 0.2) is 42.5 Å². The molecular formula is C32H49FN4O4S. The molecule has 1 heterocycles. The summed E-state index contributed by atoms with van der Waals surface area (Å²) >= 11 is 0. The average Bonchev–Trinajstić information content (AvgIpc) is 2.92. The lowest BCUT2D eigenvalue weighted by molar-refractivity contribution is 0.0808. The number of anilines is 2. The highest BCUT2D eigenvalue weighted by Gasteiger charge is 2.32. The summed E-state index contributed by atoms with van der Waals surface area (Å²) in [5.74, 6) is -1.04. The maximum absolute atomic E-state index is 16.0. The number of halogens is 1. The van der Waals surface area contributed by atoms with Crippen LogP contribution in [0, 0.1) is 11.7 Å². The second-order valence-corrected chi connectivity index (χ2v) is 14.4. The Labute approximate surface area is 251 Å². The number of hydrogen-bond acceptors (Lipinski definition) is 6. The predicted molar refractivity (Wildman–Crippen MR) is 169 cm³/mol.